The predicted octanol–water partition coefficient (Wildman–Crippen LogP) is 3.81. The van der Waals surface area contributed by atoms with Gasteiger partial charge in [-0.25, -0.2) is 14.1 Å². The Balaban J connectivity index is 1.94. The second-order valence-electron chi connectivity index (χ2n) is 10.8. The number of nitrogens with zero attached hydrogens (tertiary/aromatic N) is 1. The van der Waals surface area contributed by atoms with Gasteiger partial charge in [-0.05, 0) is 57.4 Å². The van der Waals surface area contributed by atoms with Crippen molar-refractivity contribution in [3.63, 3.8) is 0 Å². The highest BCUT2D eigenvalue weighted by molar-refractivity contribution is 6.30. The van der Waals surface area contributed by atoms with Crippen LogP contribution in [0.2, 0.25) is 5.02 Å². The van der Waals surface area contributed by atoms with Crippen LogP contribution in [0.5, 0.6) is 0 Å². The van der Waals surface area contributed by atoms with Crippen LogP contribution in [-0.2, 0) is 32.9 Å². The lowest BCUT2D eigenvalue weighted by Crippen LogP contribution is -2.64. The molecule has 2 aromatic rings. The van der Waals surface area contributed by atoms with Gasteiger partial charge in [0.2, 0.25) is 5.60 Å². The zero-order valence-electron chi connectivity index (χ0n) is 21.9. The van der Waals surface area contributed by atoms with Gasteiger partial charge in [0.05, 0.1) is 6.54 Å². The molecule has 0 bridgehead atoms. The summed E-state index contributed by atoms with van der Waals surface area (Å²) in [6, 6.07) is 13.3. The quantitative estimate of drug-likeness (QED) is 0.448. The fraction of sp³-hybridized carbons (Fsp3) is 0.464. The minimum Gasteiger partial charge on any atom is -0.444 e. The largest absolute Gasteiger partial charge is 0.444 e. The summed E-state index contributed by atoms with van der Waals surface area (Å²) in [7, 11) is 0. The van der Waals surface area contributed by atoms with E-state index in [-0.39, 0.29) is 11.0 Å². The molecule has 200 valence electrons. The molecule has 1 heterocycles. The molecule has 3 atom stereocenters. The SMILES string of the molecule is CC(C)(C)OC(=O)NCCc1ccc(Cl)cc1C[N+]1(C(=O)[C@](C)(O)c2ccccc2)CCC[C@H]1C(N)=O. The van der Waals surface area contributed by atoms with E-state index in [1.54, 1.807) is 63.2 Å². The number of rotatable bonds is 8. The number of primary amides is 1. The van der Waals surface area contributed by atoms with Crippen LogP contribution in [0.25, 0.3) is 0 Å². The lowest BCUT2D eigenvalue weighted by molar-refractivity contribution is -0.874. The molecule has 1 aliphatic heterocycles. The number of alkyl carbamates (subject to hydrolysis) is 1. The topological polar surface area (TPSA) is 119 Å². The van der Waals surface area contributed by atoms with Gasteiger partial charge in [0.1, 0.15) is 12.1 Å². The molecule has 2 aromatic carbocycles. The van der Waals surface area contributed by atoms with Crippen molar-refractivity contribution >= 4 is 29.5 Å². The molecule has 37 heavy (non-hydrogen) atoms. The summed E-state index contributed by atoms with van der Waals surface area (Å²) in [6.45, 7) is 7.64. The molecule has 3 rings (SSSR count). The molecule has 0 aromatic heterocycles. The third-order valence-electron chi connectivity index (χ3n) is 6.80. The summed E-state index contributed by atoms with van der Waals surface area (Å²) >= 11 is 6.35. The lowest BCUT2D eigenvalue weighted by atomic mass is 9.91. The molecule has 0 aliphatic carbocycles. The van der Waals surface area contributed by atoms with Crippen LogP contribution in [0.4, 0.5) is 4.79 Å². The third-order valence-corrected chi connectivity index (χ3v) is 7.03. The van der Waals surface area contributed by atoms with Gasteiger partial charge in [-0.3, -0.25) is 4.79 Å². The number of nitrogens with two attached hydrogens (primary N) is 1. The number of ether oxygens (including phenoxy) is 1. The summed E-state index contributed by atoms with van der Waals surface area (Å²) in [5, 5.41) is 14.7. The van der Waals surface area contributed by atoms with E-state index in [1.807, 2.05) is 6.07 Å². The maximum absolute atomic E-state index is 14.1. The molecule has 4 N–H and O–H groups in total. The number of aliphatic hydroxyl groups is 1. The minimum absolute atomic E-state index is 0.137. The molecule has 1 fully saturated rings. The van der Waals surface area contributed by atoms with Crippen molar-refractivity contribution in [3.8, 4) is 0 Å². The van der Waals surface area contributed by atoms with Gasteiger partial charge in [0.15, 0.2) is 6.04 Å². The zero-order chi connectivity index (χ0) is 27.4. The van der Waals surface area contributed by atoms with E-state index in [4.69, 9.17) is 22.1 Å². The van der Waals surface area contributed by atoms with Gasteiger partial charge in [-0.15, -0.1) is 0 Å². The van der Waals surface area contributed by atoms with Crippen molar-refractivity contribution in [3.05, 3.63) is 70.2 Å². The number of carbonyl (C=O) groups is 3. The Kier molecular flexibility index (Phi) is 8.67. The maximum Gasteiger partial charge on any atom is 0.407 e. The Morgan fingerprint density at radius 2 is 1.78 bits per heavy atom. The Morgan fingerprint density at radius 3 is 2.41 bits per heavy atom. The second-order valence-corrected chi connectivity index (χ2v) is 11.2. The van der Waals surface area contributed by atoms with Crippen molar-refractivity contribution in [2.45, 2.75) is 70.7 Å². The van der Waals surface area contributed by atoms with Crippen LogP contribution in [0.1, 0.15) is 57.2 Å². The average molecular weight is 531 g/mol. The Morgan fingerprint density at radius 1 is 1.11 bits per heavy atom. The van der Waals surface area contributed by atoms with E-state index in [1.165, 1.54) is 6.92 Å². The van der Waals surface area contributed by atoms with Crippen LogP contribution in [0.15, 0.2) is 48.5 Å². The van der Waals surface area contributed by atoms with Gasteiger partial charge in [-0.1, -0.05) is 48.0 Å². The van der Waals surface area contributed by atoms with Gasteiger partial charge in [0.25, 0.3) is 5.91 Å². The smallest absolute Gasteiger partial charge is 0.407 e. The van der Waals surface area contributed by atoms with E-state index in [0.717, 1.165) is 11.1 Å². The van der Waals surface area contributed by atoms with Gasteiger partial charge < -0.3 is 20.9 Å². The minimum atomic E-state index is -1.84. The van der Waals surface area contributed by atoms with Crippen molar-refractivity contribution in [2.75, 3.05) is 13.1 Å². The van der Waals surface area contributed by atoms with Gasteiger partial charge >= 0.3 is 12.0 Å². The molecule has 1 saturated heterocycles. The first-order valence-corrected chi connectivity index (χ1v) is 12.9. The number of quaternary nitrogens is 1. The summed E-state index contributed by atoms with van der Waals surface area (Å²) < 4.78 is 5.00. The first kappa shape index (κ1) is 28.6. The van der Waals surface area contributed by atoms with Crippen LogP contribution in [-0.4, -0.2) is 52.2 Å². The molecule has 8 nitrogen and oxygen atoms in total. The number of nitrogens with one attached hydrogen (secondary N) is 1. The molecular formula is C28H37ClN3O5+. The normalized spacial score (nSPS) is 21.2. The molecule has 0 radical (unpaired) electrons. The summed E-state index contributed by atoms with van der Waals surface area (Å²) in [4.78, 5) is 38.8. The van der Waals surface area contributed by atoms with Crippen molar-refractivity contribution in [1.29, 1.82) is 0 Å². The van der Waals surface area contributed by atoms with E-state index in [9.17, 15) is 19.5 Å². The summed E-state index contributed by atoms with van der Waals surface area (Å²) in [5.41, 5.74) is 5.42. The number of hydrogen-bond donors (Lipinski definition) is 3. The predicted molar refractivity (Wildman–Crippen MR) is 141 cm³/mol. The highest BCUT2D eigenvalue weighted by atomic mass is 35.5. The molecule has 1 unspecified atom stereocenters. The average Bonchev–Trinajstić information content (AvgIpc) is 3.24. The number of benzene rings is 2. The molecular weight excluding hydrogens is 494 g/mol. The molecule has 0 spiro atoms. The van der Waals surface area contributed by atoms with E-state index < -0.39 is 35.2 Å². The highest BCUT2D eigenvalue weighted by Crippen LogP contribution is 2.38. The highest BCUT2D eigenvalue weighted by Gasteiger charge is 2.57. The standard InChI is InChI=1S/C28H36ClN3O5/c1-27(2,3)37-26(35)31-15-14-19-12-13-22(29)17-20(19)18-32(16-8-11-23(32)24(30)33)25(34)28(4,36)21-9-6-5-7-10-21/h5-7,9-10,12-13,17,23,36H,8,11,14-16,18H2,1-4H3,(H2-,30,31,33,35)/p+1/t23-,28+,32?/m0/s1. The molecule has 3 amide bonds. The Labute approximate surface area is 223 Å². The summed E-state index contributed by atoms with van der Waals surface area (Å²) in [6.07, 6.45) is 0.993. The first-order chi connectivity index (χ1) is 17.3. The first-order valence-electron chi connectivity index (χ1n) is 12.5. The third kappa shape index (κ3) is 6.69. The number of likely N-dealkylation sites (tertiary alicyclic amines) is 1. The van der Waals surface area contributed by atoms with Crippen molar-refractivity contribution in [1.82, 2.24) is 5.32 Å². The molecule has 1 aliphatic rings. The van der Waals surface area contributed by atoms with E-state index in [2.05, 4.69) is 5.32 Å². The van der Waals surface area contributed by atoms with Gasteiger partial charge in [0, 0.05) is 30.0 Å². The molecule has 0 saturated carbocycles. The van der Waals surface area contributed by atoms with Crippen molar-refractivity contribution in [2.24, 2.45) is 5.73 Å². The fourth-order valence-electron chi connectivity index (χ4n) is 5.08. The number of amides is 3. The Bertz CT molecular complexity index is 1150. The van der Waals surface area contributed by atoms with Crippen molar-refractivity contribution < 1.29 is 28.7 Å². The van der Waals surface area contributed by atoms with E-state index in [0.29, 0.717) is 42.9 Å². The summed E-state index contributed by atoms with van der Waals surface area (Å²) in [5.74, 6) is -1.07. The lowest BCUT2D eigenvalue weighted by Gasteiger charge is -2.40. The fourth-order valence-corrected chi connectivity index (χ4v) is 5.28. The second kappa shape index (κ2) is 11.2. The maximum atomic E-state index is 14.1. The Hall–Kier alpha value is -2.94. The number of halogens is 1. The number of carbonyl (C=O) groups excluding carboxylic acids is 3. The monoisotopic (exact) mass is 530 g/mol. The van der Waals surface area contributed by atoms with Crippen LogP contribution < -0.4 is 11.1 Å². The van der Waals surface area contributed by atoms with E-state index >= 15 is 0 Å². The molecule has 9 heteroatoms. The van der Waals surface area contributed by atoms with Crippen LogP contribution >= 0.6 is 11.6 Å². The van der Waals surface area contributed by atoms with Crippen LogP contribution in [0.3, 0.4) is 0 Å². The van der Waals surface area contributed by atoms with Crippen LogP contribution in [0, 0.1) is 0 Å². The zero-order valence-corrected chi connectivity index (χ0v) is 22.7. The number of hydrogen-bond acceptors (Lipinski definition) is 5. The van der Waals surface area contributed by atoms with Gasteiger partial charge in [-0.2, -0.15) is 0 Å².